The molecule has 2 N–H and O–H groups in total. The second kappa shape index (κ2) is 5.24. The molecule has 1 aromatic carbocycles. The molecule has 1 amide bonds. The van der Waals surface area contributed by atoms with Gasteiger partial charge in [-0.3, -0.25) is 0 Å². The molecule has 0 aromatic heterocycles. The first kappa shape index (κ1) is 11.4. The molecule has 1 aromatic rings. The molecule has 0 saturated carbocycles. The fraction of sp³-hybridized carbons (Fsp3) is 0.364. The number of carbonyl (C=O) groups excluding carboxylic acids is 1. The molecule has 0 bridgehead atoms. The van der Waals surface area contributed by atoms with Gasteiger partial charge in [-0.05, 0) is 19.9 Å². The predicted molar refractivity (Wildman–Crippen MR) is 56.7 cm³/mol. The van der Waals surface area contributed by atoms with E-state index in [1.165, 1.54) is 0 Å². The van der Waals surface area contributed by atoms with Crippen molar-refractivity contribution in [3.8, 4) is 5.75 Å². The van der Waals surface area contributed by atoms with Crippen LogP contribution >= 0.6 is 0 Å². The van der Waals surface area contributed by atoms with Gasteiger partial charge in [-0.1, -0.05) is 17.7 Å². The molecule has 0 atom stereocenters. The van der Waals surface area contributed by atoms with Crippen molar-refractivity contribution in [1.29, 1.82) is 0 Å². The van der Waals surface area contributed by atoms with Crippen LogP contribution in [-0.4, -0.2) is 17.8 Å². The Kier molecular flexibility index (Phi) is 3.97. The standard InChI is InChI=1S/C11H15NO3/c1-3-15-11(14)12-7-9-6-8(2)4-5-10(9)13/h4-6,13H,3,7H2,1-2H3,(H,12,14). The maximum Gasteiger partial charge on any atom is 0.407 e. The van der Waals surface area contributed by atoms with Crippen molar-refractivity contribution in [1.82, 2.24) is 5.32 Å². The maximum atomic E-state index is 11.0. The lowest BCUT2D eigenvalue weighted by molar-refractivity contribution is 0.151. The number of phenolic OH excluding ortho intramolecular Hbond substituents is 1. The molecule has 1 rings (SSSR count). The van der Waals surface area contributed by atoms with Gasteiger partial charge < -0.3 is 15.2 Å². The highest BCUT2D eigenvalue weighted by atomic mass is 16.5. The molecular weight excluding hydrogens is 194 g/mol. The van der Waals surface area contributed by atoms with Gasteiger partial charge in [0, 0.05) is 12.1 Å². The Morgan fingerprint density at radius 2 is 2.27 bits per heavy atom. The third kappa shape index (κ3) is 3.50. The van der Waals surface area contributed by atoms with E-state index in [1.807, 2.05) is 19.1 Å². The fourth-order valence-electron chi connectivity index (χ4n) is 1.21. The quantitative estimate of drug-likeness (QED) is 0.799. The highest BCUT2D eigenvalue weighted by molar-refractivity contribution is 5.67. The number of hydrogen-bond donors (Lipinski definition) is 2. The van der Waals surface area contributed by atoms with Crippen LogP contribution in [0, 0.1) is 6.92 Å². The number of aromatic hydroxyl groups is 1. The van der Waals surface area contributed by atoms with E-state index >= 15 is 0 Å². The number of ether oxygens (including phenoxy) is 1. The lowest BCUT2D eigenvalue weighted by Gasteiger charge is -2.07. The molecule has 0 unspecified atom stereocenters. The van der Waals surface area contributed by atoms with Gasteiger partial charge in [-0.2, -0.15) is 0 Å². The van der Waals surface area contributed by atoms with Crippen molar-refractivity contribution < 1.29 is 14.6 Å². The lowest BCUT2D eigenvalue weighted by Crippen LogP contribution is -2.23. The van der Waals surface area contributed by atoms with Crippen LogP contribution in [0.2, 0.25) is 0 Å². The summed E-state index contributed by atoms with van der Waals surface area (Å²) < 4.78 is 4.70. The van der Waals surface area contributed by atoms with Gasteiger partial charge in [-0.25, -0.2) is 4.79 Å². The summed E-state index contributed by atoms with van der Waals surface area (Å²) in [7, 11) is 0. The molecule has 0 heterocycles. The van der Waals surface area contributed by atoms with Gasteiger partial charge in [0.05, 0.1) is 6.61 Å². The van der Waals surface area contributed by atoms with Crippen LogP contribution in [0.1, 0.15) is 18.1 Å². The summed E-state index contributed by atoms with van der Waals surface area (Å²) in [4.78, 5) is 11.0. The zero-order valence-corrected chi connectivity index (χ0v) is 8.91. The highest BCUT2D eigenvalue weighted by Crippen LogP contribution is 2.17. The minimum Gasteiger partial charge on any atom is -0.508 e. The first-order chi connectivity index (χ1) is 7.13. The van der Waals surface area contributed by atoms with Gasteiger partial charge >= 0.3 is 6.09 Å². The van der Waals surface area contributed by atoms with E-state index in [-0.39, 0.29) is 12.3 Å². The lowest BCUT2D eigenvalue weighted by atomic mass is 10.1. The van der Waals surface area contributed by atoms with Crippen molar-refractivity contribution in [3.63, 3.8) is 0 Å². The van der Waals surface area contributed by atoms with E-state index in [0.717, 1.165) is 5.56 Å². The van der Waals surface area contributed by atoms with E-state index in [4.69, 9.17) is 4.74 Å². The zero-order valence-electron chi connectivity index (χ0n) is 8.91. The molecule has 0 aliphatic heterocycles. The average molecular weight is 209 g/mol. The summed E-state index contributed by atoms with van der Waals surface area (Å²) in [5.74, 6) is 0.178. The summed E-state index contributed by atoms with van der Waals surface area (Å²) >= 11 is 0. The number of benzene rings is 1. The van der Waals surface area contributed by atoms with E-state index in [0.29, 0.717) is 12.2 Å². The summed E-state index contributed by atoms with van der Waals surface area (Å²) in [5.41, 5.74) is 1.72. The van der Waals surface area contributed by atoms with E-state index in [2.05, 4.69) is 5.32 Å². The van der Waals surface area contributed by atoms with Gasteiger partial charge in [-0.15, -0.1) is 0 Å². The Morgan fingerprint density at radius 1 is 1.53 bits per heavy atom. The zero-order chi connectivity index (χ0) is 11.3. The number of alkyl carbamates (subject to hydrolysis) is 1. The monoisotopic (exact) mass is 209 g/mol. The van der Waals surface area contributed by atoms with E-state index in [9.17, 15) is 9.90 Å². The number of phenols is 1. The molecule has 0 spiro atoms. The first-order valence-electron chi connectivity index (χ1n) is 4.82. The summed E-state index contributed by atoms with van der Waals surface area (Å²) in [6.07, 6.45) is -0.474. The van der Waals surface area contributed by atoms with Crippen molar-refractivity contribution in [2.45, 2.75) is 20.4 Å². The third-order valence-corrected chi connectivity index (χ3v) is 1.93. The highest BCUT2D eigenvalue weighted by Gasteiger charge is 2.04. The SMILES string of the molecule is CCOC(=O)NCc1cc(C)ccc1O. The second-order valence-electron chi connectivity index (χ2n) is 3.21. The van der Waals surface area contributed by atoms with E-state index < -0.39 is 6.09 Å². The van der Waals surface area contributed by atoms with Gasteiger partial charge in [0.15, 0.2) is 0 Å². The minimum absolute atomic E-state index is 0.178. The van der Waals surface area contributed by atoms with Crippen molar-refractivity contribution >= 4 is 6.09 Å². The number of rotatable bonds is 3. The Morgan fingerprint density at radius 3 is 2.93 bits per heavy atom. The molecule has 0 aliphatic carbocycles. The molecule has 82 valence electrons. The Bertz CT molecular complexity index is 350. The number of nitrogens with one attached hydrogen (secondary N) is 1. The molecule has 0 aliphatic rings. The fourth-order valence-corrected chi connectivity index (χ4v) is 1.21. The van der Waals surface area contributed by atoms with Crippen molar-refractivity contribution in [3.05, 3.63) is 29.3 Å². The van der Waals surface area contributed by atoms with Gasteiger partial charge in [0.1, 0.15) is 5.75 Å². The molecule has 15 heavy (non-hydrogen) atoms. The molecule has 4 heteroatoms. The molecule has 4 nitrogen and oxygen atoms in total. The van der Waals surface area contributed by atoms with Crippen LogP contribution in [0.5, 0.6) is 5.75 Å². The number of amides is 1. The minimum atomic E-state index is -0.474. The van der Waals surface area contributed by atoms with Crippen molar-refractivity contribution in [2.24, 2.45) is 0 Å². The number of aryl methyl sites for hydroxylation is 1. The van der Waals surface area contributed by atoms with Crippen LogP contribution in [0.4, 0.5) is 4.79 Å². The van der Waals surface area contributed by atoms with Crippen LogP contribution in [0.3, 0.4) is 0 Å². The summed E-state index contributed by atoms with van der Waals surface area (Å²) in [6.45, 7) is 4.27. The molecular formula is C11H15NO3. The molecule has 0 radical (unpaired) electrons. The number of hydrogen-bond acceptors (Lipinski definition) is 3. The largest absolute Gasteiger partial charge is 0.508 e. The Labute approximate surface area is 88.9 Å². The summed E-state index contributed by atoms with van der Waals surface area (Å²) in [5, 5.41) is 12.0. The number of carbonyl (C=O) groups is 1. The predicted octanol–water partition coefficient (Wildman–Crippen LogP) is 1.95. The average Bonchev–Trinajstić information content (AvgIpc) is 2.20. The topological polar surface area (TPSA) is 58.6 Å². The van der Waals surface area contributed by atoms with Crippen LogP contribution in [-0.2, 0) is 11.3 Å². The molecule has 0 saturated heterocycles. The van der Waals surface area contributed by atoms with E-state index in [1.54, 1.807) is 13.0 Å². The third-order valence-electron chi connectivity index (χ3n) is 1.93. The first-order valence-corrected chi connectivity index (χ1v) is 4.82. The second-order valence-corrected chi connectivity index (χ2v) is 3.21. The van der Waals surface area contributed by atoms with Crippen LogP contribution < -0.4 is 5.32 Å². The van der Waals surface area contributed by atoms with Crippen molar-refractivity contribution in [2.75, 3.05) is 6.61 Å². The van der Waals surface area contributed by atoms with Gasteiger partial charge in [0.25, 0.3) is 0 Å². The maximum absolute atomic E-state index is 11.0. The normalized spacial score (nSPS) is 9.73. The van der Waals surface area contributed by atoms with Crippen LogP contribution in [0.15, 0.2) is 18.2 Å². The van der Waals surface area contributed by atoms with Gasteiger partial charge in [0.2, 0.25) is 0 Å². The Hall–Kier alpha value is -1.71. The Balaban J connectivity index is 2.57. The smallest absolute Gasteiger partial charge is 0.407 e. The molecule has 0 fully saturated rings. The van der Waals surface area contributed by atoms with Crippen LogP contribution in [0.25, 0.3) is 0 Å². The summed E-state index contributed by atoms with van der Waals surface area (Å²) in [6, 6.07) is 5.24.